The van der Waals surface area contributed by atoms with Crippen LogP contribution in [0.4, 0.5) is 23.2 Å². The Kier molecular flexibility index (Phi) is 10.0. The number of nitrogens with one attached hydrogen (secondary N) is 2. The summed E-state index contributed by atoms with van der Waals surface area (Å²) in [5.74, 6) is -4.78. The van der Waals surface area contributed by atoms with Gasteiger partial charge in [-0.1, -0.05) is 66.2 Å². The van der Waals surface area contributed by atoms with E-state index in [0.29, 0.717) is 38.2 Å². The summed E-state index contributed by atoms with van der Waals surface area (Å²) in [6.07, 6.45) is -1.48. The lowest BCUT2D eigenvalue weighted by molar-refractivity contribution is -0.142. The van der Waals surface area contributed by atoms with Gasteiger partial charge in [-0.25, -0.2) is 22.4 Å². The first-order valence-corrected chi connectivity index (χ1v) is 14.5. The number of carbonyl (C=O) groups is 2. The first-order chi connectivity index (χ1) is 22.6. The molecule has 2 N–H and O–H groups in total. The van der Waals surface area contributed by atoms with Crippen molar-refractivity contribution >= 4 is 40.1 Å². The van der Waals surface area contributed by atoms with Gasteiger partial charge in [0.1, 0.15) is 29.3 Å². The molecule has 0 bridgehead atoms. The lowest BCUT2D eigenvalue weighted by Crippen LogP contribution is -2.43. The van der Waals surface area contributed by atoms with Crippen molar-refractivity contribution < 1.29 is 31.9 Å². The van der Waals surface area contributed by atoms with E-state index in [2.05, 4.69) is 15.6 Å². The van der Waals surface area contributed by atoms with E-state index in [1.54, 1.807) is 60.8 Å². The molecule has 2 atom stereocenters. The summed E-state index contributed by atoms with van der Waals surface area (Å²) in [5, 5.41) is 14.9. The molecule has 7 nitrogen and oxygen atoms in total. The van der Waals surface area contributed by atoms with Crippen LogP contribution in [0.2, 0.25) is 5.02 Å². The van der Waals surface area contributed by atoms with Gasteiger partial charge >= 0.3 is 5.97 Å². The maximum atomic E-state index is 15.2. The van der Waals surface area contributed by atoms with E-state index < -0.39 is 47.6 Å². The van der Waals surface area contributed by atoms with E-state index in [4.69, 9.17) is 16.3 Å². The van der Waals surface area contributed by atoms with Gasteiger partial charge in [-0.2, -0.15) is 5.26 Å². The molecule has 0 saturated carbocycles. The maximum absolute atomic E-state index is 15.2. The number of alkyl halides is 2. The first kappa shape index (κ1) is 32.9. The maximum Gasteiger partial charge on any atom is 0.328 e. The molecule has 12 heteroatoms. The number of amides is 1. The van der Waals surface area contributed by atoms with Crippen molar-refractivity contribution in [3.8, 4) is 17.2 Å². The number of rotatable bonds is 10. The zero-order valence-corrected chi connectivity index (χ0v) is 25.4. The fourth-order valence-electron chi connectivity index (χ4n) is 5.22. The largest absolute Gasteiger partial charge is 0.467 e. The van der Waals surface area contributed by atoms with Gasteiger partial charge in [0.15, 0.2) is 0 Å². The number of ether oxygens (including phenoxy) is 1. The molecule has 1 heterocycles. The molecule has 1 unspecified atom stereocenters. The molecular formula is C35H25ClF4N4O3. The first-order valence-electron chi connectivity index (χ1n) is 14.1. The topological polar surface area (TPSA) is 104 Å². The number of halogens is 5. The smallest absolute Gasteiger partial charge is 0.328 e. The number of nitrogens with zero attached hydrogens (tertiary/aromatic N) is 2. The second-order valence-electron chi connectivity index (χ2n) is 10.4. The minimum Gasteiger partial charge on any atom is -0.467 e. The van der Waals surface area contributed by atoms with Crippen LogP contribution in [0.3, 0.4) is 0 Å². The number of benzene rings is 4. The van der Waals surface area contributed by atoms with Crippen LogP contribution in [0.1, 0.15) is 33.1 Å². The van der Waals surface area contributed by atoms with Crippen molar-refractivity contribution in [3.63, 3.8) is 0 Å². The molecular weight excluding hydrogens is 636 g/mol. The number of fused-ring (bicyclic) bond motifs is 1. The number of pyridine rings is 1. The molecule has 5 rings (SSSR count). The van der Waals surface area contributed by atoms with Crippen LogP contribution < -0.4 is 10.6 Å². The Labute approximate surface area is 271 Å². The molecule has 0 fully saturated rings. The fourth-order valence-corrected chi connectivity index (χ4v) is 5.50. The predicted molar refractivity (Wildman–Crippen MR) is 169 cm³/mol. The summed E-state index contributed by atoms with van der Waals surface area (Å²) in [5.41, 5.74) is 1.60. The third-order valence-electron chi connectivity index (χ3n) is 7.47. The van der Waals surface area contributed by atoms with Gasteiger partial charge in [-0.05, 0) is 41.5 Å². The number of carbonyl (C=O) groups excluding carboxylic acids is 2. The van der Waals surface area contributed by atoms with E-state index in [-0.39, 0.29) is 17.7 Å². The van der Waals surface area contributed by atoms with E-state index >= 15 is 8.78 Å². The van der Waals surface area contributed by atoms with Crippen molar-refractivity contribution in [1.82, 2.24) is 10.3 Å². The SMILES string of the molecule is COC(=O)[C@H](Cc1ccc(-c2ccc(C#N)cc2Cl)c2ncccc12)NC(=O)c1c(F)cc(NC(c2ccccc2)C(F)F)cc1F. The van der Waals surface area contributed by atoms with E-state index in [1.165, 1.54) is 18.2 Å². The van der Waals surface area contributed by atoms with Gasteiger partial charge in [0.25, 0.3) is 12.3 Å². The molecule has 0 saturated heterocycles. The molecule has 1 amide bonds. The highest BCUT2D eigenvalue weighted by molar-refractivity contribution is 6.33. The highest BCUT2D eigenvalue weighted by Gasteiger charge is 2.29. The zero-order chi connectivity index (χ0) is 33.7. The highest BCUT2D eigenvalue weighted by Crippen LogP contribution is 2.35. The normalized spacial score (nSPS) is 12.3. The summed E-state index contributed by atoms with van der Waals surface area (Å²) in [6, 6.07) is 19.9. The summed E-state index contributed by atoms with van der Waals surface area (Å²) < 4.78 is 62.8. The zero-order valence-electron chi connectivity index (χ0n) is 24.6. The lowest BCUT2D eigenvalue weighted by atomic mass is 9.94. The molecule has 4 aromatic carbocycles. The Morgan fingerprint density at radius 3 is 2.30 bits per heavy atom. The molecule has 0 aliphatic rings. The van der Waals surface area contributed by atoms with Crippen LogP contribution in [0.15, 0.2) is 91.1 Å². The number of methoxy groups -OCH3 is 1. The van der Waals surface area contributed by atoms with Crippen LogP contribution in [0, 0.1) is 23.0 Å². The molecule has 1 aromatic heterocycles. The molecule has 0 aliphatic carbocycles. The lowest BCUT2D eigenvalue weighted by Gasteiger charge is -2.21. The van der Waals surface area contributed by atoms with Crippen LogP contribution in [-0.2, 0) is 16.0 Å². The highest BCUT2D eigenvalue weighted by atomic mass is 35.5. The minimum absolute atomic E-state index is 0.141. The van der Waals surface area contributed by atoms with Gasteiger partial charge in [-0.3, -0.25) is 9.78 Å². The van der Waals surface area contributed by atoms with Crippen molar-refractivity contribution in [3.05, 3.63) is 130 Å². The number of aromatic nitrogens is 1. The quantitative estimate of drug-likeness (QED) is 0.118. The van der Waals surface area contributed by atoms with Crippen molar-refractivity contribution in [2.45, 2.75) is 24.9 Å². The van der Waals surface area contributed by atoms with Gasteiger partial charge < -0.3 is 15.4 Å². The number of esters is 1. The molecule has 0 spiro atoms. The number of nitriles is 1. The Morgan fingerprint density at radius 2 is 1.66 bits per heavy atom. The average molecular weight is 661 g/mol. The van der Waals surface area contributed by atoms with Crippen LogP contribution in [-0.4, -0.2) is 36.4 Å². The fraction of sp³-hybridized carbons (Fsp3) is 0.143. The third kappa shape index (κ3) is 7.18. The second-order valence-corrected chi connectivity index (χ2v) is 10.8. The summed E-state index contributed by atoms with van der Waals surface area (Å²) in [4.78, 5) is 30.5. The van der Waals surface area contributed by atoms with E-state index in [1.807, 2.05) is 6.07 Å². The summed E-state index contributed by atoms with van der Waals surface area (Å²) in [7, 11) is 1.10. The van der Waals surface area contributed by atoms with Crippen LogP contribution >= 0.6 is 11.6 Å². The third-order valence-corrected chi connectivity index (χ3v) is 7.78. The van der Waals surface area contributed by atoms with Crippen LogP contribution in [0.25, 0.3) is 22.0 Å². The second kappa shape index (κ2) is 14.3. The van der Waals surface area contributed by atoms with Crippen LogP contribution in [0.5, 0.6) is 0 Å². The Bertz CT molecular complexity index is 1980. The number of hydrogen-bond acceptors (Lipinski definition) is 6. The van der Waals surface area contributed by atoms with Crippen molar-refractivity contribution in [1.29, 1.82) is 5.26 Å². The Morgan fingerprint density at radius 1 is 0.957 bits per heavy atom. The number of anilines is 1. The van der Waals surface area contributed by atoms with Gasteiger partial charge in [0.2, 0.25) is 0 Å². The molecule has 0 radical (unpaired) electrons. The van der Waals surface area contributed by atoms with Gasteiger partial charge in [-0.15, -0.1) is 0 Å². The summed E-state index contributed by atoms with van der Waals surface area (Å²) in [6.45, 7) is 0. The van der Waals surface area contributed by atoms with Gasteiger partial charge in [0, 0.05) is 39.8 Å². The standard InChI is InChI=1S/C35H25ClF4N4O3/c1-47-35(46)29(15-21-10-12-25(32-23(21)8-5-13-42-32)24-11-9-19(18-41)14-26(24)36)44-34(45)30-27(37)16-22(17-28(30)38)43-31(33(39)40)20-6-3-2-4-7-20/h2-14,16-17,29,31,33,43H,15H2,1H3,(H,44,45)/t29-,31?/m0/s1. The monoisotopic (exact) mass is 660 g/mol. The molecule has 47 heavy (non-hydrogen) atoms. The summed E-state index contributed by atoms with van der Waals surface area (Å²) >= 11 is 6.46. The Hall–Kier alpha value is -5.47. The Balaban J connectivity index is 1.42. The van der Waals surface area contributed by atoms with Crippen molar-refractivity contribution in [2.24, 2.45) is 0 Å². The molecule has 0 aliphatic heterocycles. The number of hydrogen-bond donors (Lipinski definition) is 2. The van der Waals surface area contributed by atoms with Gasteiger partial charge in [0.05, 0.1) is 24.3 Å². The van der Waals surface area contributed by atoms with E-state index in [9.17, 15) is 23.6 Å². The minimum atomic E-state index is -2.91. The predicted octanol–water partition coefficient (Wildman–Crippen LogP) is 7.64. The van der Waals surface area contributed by atoms with Crippen molar-refractivity contribution in [2.75, 3.05) is 12.4 Å². The molecule has 5 aromatic rings. The van der Waals surface area contributed by atoms with E-state index in [0.717, 1.165) is 19.2 Å². The molecule has 238 valence electrons. The average Bonchev–Trinajstić information content (AvgIpc) is 3.06.